The number of likely N-dealkylation sites (N-methyl/N-ethyl adjacent to an activating group) is 1. The Morgan fingerprint density at radius 2 is 2.24 bits per heavy atom. The summed E-state index contributed by atoms with van der Waals surface area (Å²) >= 11 is 0. The van der Waals surface area contributed by atoms with Crippen LogP contribution in [0.1, 0.15) is 33.1 Å². The molecule has 0 aromatic carbocycles. The van der Waals surface area contributed by atoms with Crippen molar-refractivity contribution in [1.29, 1.82) is 0 Å². The number of rotatable bonds is 0. The Balaban J connectivity index is 2.20. The molecule has 2 aliphatic heterocycles. The first-order chi connectivity index (χ1) is 8.02. The highest BCUT2D eigenvalue weighted by molar-refractivity contribution is 5.82. The Labute approximate surface area is 103 Å². The summed E-state index contributed by atoms with van der Waals surface area (Å²) in [7, 11) is 2.03. The molecule has 17 heavy (non-hydrogen) atoms. The third-order valence-electron chi connectivity index (χ3n) is 3.76. The minimum Gasteiger partial charge on any atom is -0.354 e. The van der Waals surface area contributed by atoms with Crippen molar-refractivity contribution in [1.82, 2.24) is 10.2 Å². The molecule has 1 amide bonds. The summed E-state index contributed by atoms with van der Waals surface area (Å²) < 4.78 is 5.89. The van der Waals surface area contributed by atoms with Gasteiger partial charge in [-0.15, -0.1) is 0 Å². The van der Waals surface area contributed by atoms with Crippen LogP contribution in [0, 0.1) is 0 Å². The highest BCUT2D eigenvalue weighted by atomic mass is 16.5. The molecular weight excluding hydrogens is 216 g/mol. The van der Waals surface area contributed by atoms with E-state index in [1.807, 2.05) is 20.9 Å². The molecule has 0 aromatic heterocycles. The molecule has 4 heteroatoms. The van der Waals surface area contributed by atoms with Crippen LogP contribution in [0.5, 0.6) is 0 Å². The van der Waals surface area contributed by atoms with E-state index in [1.165, 1.54) is 0 Å². The van der Waals surface area contributed by atoms with E-state index in [2.05, 4.69) is 22.4 Å². The molecule has 1 N–H and O–H groups in total. The Hall–Kier alpha value is -0.870. The highest BCUT2D eigenvalue weighted by Gasteiger charge is 2.47. The number of fused-ring (bicyclic) bond motifs is 1. The average Bonchev–Trinajstić information content (AvgIpc) is 2.50. The molecule has 2 atom stereocenters. The number of hydrogen-bond donors (Lipinski definition) is 1. The van der Waals surface area contributed by atoms with E-state index >= 15 is 0 Å². The molecule has 0 spiro atoms. The largest absolute Gasteiger partial charge is 0.354 e. The summed E-state index contributed by atoms with van der Waals surface area (Å²) in [6.07, 6.45) is 6.94. The monoisotopic (exact) mass is 238 g/mol. The van der Waals surface area contributed by atoms with Crippen molar-refractivity contribution in [3.63, 3.8) is 0 Å². The van der Waals surface area contributed by atoms with Crippen molar-refractivity contribution >= 4 is 5.91 Å². The number of carbonyl (C=O) groups is 1. The van der Waals surface area contributed by atoms with Gasteiger partial charge in [-0.1, -0.05) is 12.2 Å². The second-order valence-electron chi connectivity index (χ2n) is 5.30. The zero-order valence-corrected chi connectivity index (χ0v) is 10.9. The standard InChI is InChI=1S/C13H22N2O2/c1-13(2)15(3)10-8-6-4-5-7-9-14-12(16)11(10)17-13/h4,6,10-11H,5,7-9H2,1-3H3,(H,14,16)/b6-4+/t10-,11?/m0/s1. The molecule has 0 aliphatic carbocycles. The number of nitrogens with one attached hydrogen (secondary N) is 1. The molecule has 2 heterocycles. The minimum absolute atomic E-state index is 0.0303. The molecule has 0 bridgehead atoms. The number of amides is 1. The Morgan fingerprint density at radius 1 is 1.47 bits per heavy atom. The fraction of sp³-hybridized carbons (Fsp3) is 0.769. The van der Waals surface area contributed by atoms with Gasteiger partial charge >= 0.3 is 0 Å². The summed E-state index contributed by atoms with van der Waals surface area (Å²) in [6, 6.07) is 0.138. The van der Waals surface area contributed by atoms with Crippen LogP contribution < -0.4 is 5.32 Å². The van der Waals surface area contributed by atoms with Crippen LogP contribution in [0.15, 0.2) is 12.2 Å². The zero-order valence-electron chi connectivity index (χ0n) is 10.9. The van der Waals surface area contributed by atoms with E-state index < -0.39 is 0 Å². The fourth-order valence-electron chi connectivity index (χ4n) is 2.47. The maximum Gasteiger partial charge on any atom is 0.250 e. The molecule has 4 nitrogen and oxygen atoms in total. The number of allylic oxidation sites excluding steroid dienone is 1. The van der Waals surface area contributed by atoms with Crippen molar-refractivity contribution < 1.29 is 9.53 Å². The van der Waals surface area contributed by atoms with Gasteiger partial charge in [0.2, 0.25) is 0 Å². The van der Waals surface area contributed by atoms with Gasteiger partial charge in [0.1, 0.15) is 5.72 Å². The summed E-state index contributed by atoms with van der Waals surface area (Å²) in [5, 5.41) is 2.96. The van der Waals surface area contributed by atoms with Crippen LogP contribution in [-0.4, -0.2) is 42.3 Å². The lowest BCUT2D eigenvalue weighted by Crippen LogP contribution is -2.44. The number of hydrogen-bond acceptors (Lipinski definition) is 3. The first-order valence-electron chi connectivity index (χ1n) is 6.36. The minimum atomic E-state index is -0.367. The maximum atomic E-state index is 12.1. The van der Waals surface area contributed by atoms with E-state index in [0.29, 0.717) is 0 Å². The summed E-state index contributed by atoms with van der Waals surface area (Å²) in [4.78, 5) is 14.2. The van der Waals surface area contributed by atoms with Gasteiger partial charge in [0.15, 0.2) is 6.10 Å². The maximum absolute atomic E-state index is 12.1. The zero-order chi connectivity index (χ0) is 12.5. The lowest BCUT2D eigenvalue weighted by atomic mass is 10.0. The first-order valence-corrected chi connectivity index (χ1v) is 6.36. The molecule has 0 radical (unpaired) electrons. The molecule has 1 unspecified atom stereocenters. The van der Waals surface area contributed by atoms with E-state index in [1.54, 1.807) is 0 Å². The van der Waals surface area contributed by atoms with Gasteiger partial charge < -0.3 is 10.1 Å². The Kier molecular flexibility index (Phi) is 3.54. The Bertz CT molecular complexity index is 325. The normalized spacial score (nSPS) is 36.1. The summed E-state index contributed by atoms with van der Waals surface area (Å²) in [5.74, 6) is 0.0303. The van der Waals surface area contributed by atoms with E-state index in [0.717, 1.165) is 25.8 Å². The van der Waals surface area contributed by atoms with Gasteiger partial charge in [-0.3, -0.25) is 9.69 Å². The predicted octanol–water partition coefficient (Wildman–Crippen LogP) is 1.28. The third kappa shape index (κ3) is 2.53. The van der Waals surface area contributed by atoms with E-state index in [-0.39, 0.29) is 23.8 Å². The summed E-state index contributed by atoms with van der Waals surface area (Å²) in [5.41, 5.74) is -0.367. The van der Waals surface area contributed by atoms with Crippen molar-refractivity contribution in [2.45, 2.75) is 51.0 Å². The SMILES string of the molecule is CN1[C@H]2C/C=C/CCCNC(=O)C2OC1(C)C. The van der Waals surface area contributed by atoms with Gasteiger partial charge in [-0.2, -0.15) is 0 Å². The number of ether oxygens (including phenoxy) is 1. The highest BCUT2D eigenvalue weighted by Crippen LogP contribution is 2.32. The molecule has 0 saturated carbocycles. The van der Waals surface area contributed by atoms with Crippen LogP contribution >= 0.6 is 0 Å². The van der Waals surface area contributed by atoms with Crippen LogP contribution in [0.2, 0.25) is 0 Å². The first kappa shape index (κ1) is 12.6. The number of nitrogens with zero attached hydrogens (tertiary/aromatic N) is 1. The molecule has 2 aliphatic rings. The smallest absolute Gasteiger partial charge is 0.250 e. The molecule has 1 fully saturated rings. The van der Waals surface area contributed by atoms with Crippen molar-refractivity contribution in [2.75, 3.05) is 13.6 Å². The average molecular weight is 238 g/mol. The third-order valence-corrected chi connectivity index (χ3v) is 3.76. The molecule has 1 saturated heterocycles. The molecule has 0 aromatic rings. The second-order valence-corrected chi connectivity index (χ2v) is 5.30. The van der Waals surface area contributed by atoms with Crippen molar-refractivity contribution in [2.24, 2.45) is 0 Å². The fourth-order valence-corrected chi connectivity index (χ4v) is 2.47. The van der Waals surface area contributed by atoms with Crippen LogP contribution in [0.3, 0.4) is 0 Å². The van der Waals surface area contributed by atoms with Crippen LogP contribution in [0.25, 0.3) is 0 Å². The second kappa shape index (κ2) is 4.78. The van der Waals surface area contributed by atoms with Crippen molar-refractivity contribution in [3.8, 4) is 0 Å². The van der Waals surface area contributed by atoms with Gasteiger partial charge in [-0.25, -0.2) is 0 Å². The molecule has 2 rings (SSSR count). The predicted molar refractivity (Wildman–Crippen MR) is 66.5 cm³/mol. The van der Waals surface area contributed by atoms with Gasteiger partial charge in [0.25, 0.3) is 5.91 Å². The van der Waals surface area contributed by atoms with E-state index in [4.69, 9.17) is 4.74 Å². The van der Waals surface area contributed by atoms with Crippen LogP contribution in [0.4, 0.5) is 0 Å². The van der Waals surface area contributed by atoms with Gasteiger partial charge in [-0.05, 0) is 40.2 Å². The van der Waals surface area contributed by atoms with Gasteiger partial charge in [0, 0.05) is 6.54 Å². The molecular formula is C13H22N2O2. The summed E-state index contributed by atoms with van der Waals surface area (Å²) in [6.45, 7) is 4.76. The Morgan fingerprint density at radius 3 is 3.00 bits per heavy atom. The van der Waals surface area contributed by atoms with Crippen molar-refractivity contribution in [3.05, 3.63) is 12.2 Å². The quantitative estimate of drug-likeness (QED) is 0.646. The lowest BCUT2D eigenvalue weighted by molar-refractivity contribution is -0.138. The van der Waals surface area contributed by atoms with Gasteiger partial charge in [0.05, 0.1) is 6.04 Å². The number of carbonyl (C=O) groups excluding carboxylic acids is 1. The molecule has 96 valence electrons. The lowest BCUT2D eigenvalue weighted by Gasteiger charge is -2.28. The topological polar surface area (TPSA) is 41.6 Å². The van der Waals surface area contributed by atoms with E-state index in [9.17, 15) is 4.79 Å². The van der Waals surface area contributed by atoms with Crippen LogP contribution in [-0.2, 0) is 9.53 Å².